The van der Waals surface area contributed by atoms with Crippen molar-refractivity contribution in [1.82, 2.24) is 15.5 Å². The van der Waals surface area contributed by atoms with Gasteiger partial charge < -0.3 is 15.5 Å². The number of halogens is 1. The van der Waals surface area contributed by atoms with Gasteiger partial charge in [-0.15, -0.1) is 11.6 Å². The number of amides is 3. The van der Waals surface area contributed by atoms with E-state index in [-0.39, 0.29) is 23.6 Å². The van der Waals surface area contributed by atoms with Gasteiger partial charge in [0.2, 0.25) is 11.8 Å². The van der Waals surface area contributed by atoms with Crippen LogP contribution in [0.3, 0.4) is 0 Å². The van der Waals surface area contributed by atoms with Crippen molar-refractivity contribution in [3.05, 3.63) is 35.9 Å². The first-order valence-electron chi connectivity index (χ1n) is 9.35. The highest BCUT2D eigenvalue weighted by Gasteiger charge is 2.40. The van der Waals surface area contributed by atoms with Crippen LogP contribution < -0.4 is 10.6 Å². The largest absolute Gasteiger partial charge is 0.354 e. The summed E-state index contributed by atoms with van der Waals surface area (Å²) in [5.41, 5.74) is -0.0601. The molecule has 27 heavy (non-hydrogen) atoms. The van der Waals surface area contributed by atoms with E-state index < -0.39 is 11.5 Å². The Bertz CT molecular complexity index is 664. The third-order valence-corrected chi connectivity index (χ3v) is 5.37. The van der Waals surface area contributed by atoms with Crippen molar-refractivity contribution in [2.75, 3.05) is 25.5 Å². The molecule has 6 nitrogen and oxygen atoms in total. The zero-order chi connectivity index (χ0) is 19.9. The van der Waals surface area contributed by atoms with E-state index in [9.17, 15) is 14.4 Å². The second-order valence-electron chi connectivity index (χ2n) is 7.44. The molecule has 0 unspecified atom stereocenters. The second kappa shape index (κ2) is 9.74. The number of rotatable bonds is 8. The van der Waals surface area contributed by atoms with Crippen LogP contribution in [0.4, 0.5) is 0 Å². The zero-order valence-corrected chi connectivity index (χ0v) is 16.7. The second-order valence-corrected chi connectivity index (χ2v) is 7.71. The van der Waals surface area contributed by atoms with Crippen LogP contribution in [0, 0.1) is 5.41 Å². The summed E-state index contributed by atoms with van der Waals surface area (Å²) in [6.07, 6.45) is 2.11. The maximum Gasteiger partial charge on any atom is 0.251 e. The van der Waals surface area contributed by atoms with Gasteiger partial charge >= 0.3 is 0 Å². The van der Waals surface area contributed by atoms with Crippen molar-refractivity contribution >= 4 is 29.3 Å². The third-order valence-electron chi connectivity index (χ3n) is 4.70. The molecule has 3 amide bonds. The van der Waals surface area contributed by atoms with E-state index in [0.29, 0.717) is 38.0 Å². The Labute approximate surface area is 165 Å². The fraction of sp³-hybridized carbons (Fsp3) is 0.550. The number of hydrogen-bond donors (Lipinski definition) is 2. The fourth-order valence-electron chi connectivity index (χ4n) is 3.04. The molecule has 7 heteroatoms. The number of alkyl halides is 1. The number of nitrogens with zero attached hydrogens (tertiary/aromatic N) is 1. The Morgan fingerprint density at radius 3 is 2.48 bits per heavy atom. The molecule has 1 fully saturated rings. The predicted octanol–water partition coefficient (Wildman–Crippen LogP) is 2.18. The van der Waals surface area contributed by atoms with Crippen molar-refractivity contribution in [2.24, 2.45) is 5.41 Å². The molecule has 1 aromatic carbocycles. The molecule has 148 valence electrons. The molecule has 2 N–H and O–H groups in total. The highest BCUT2D eigenvalue weighted by Crippen LogP contribution is 2.27. The topological polar surface area (TPSA) is 78.5 Å². The molecule has 0 aliphatic carbocycles. The molecule has 1 heterocycles. The van der Waals surface area contributed by atoms with Crippen LogP contribution in [0.1, 0.15) is 43.5 Å². The van der Waals surface area contributed by atoms with Crippen LogP contribution in [0.15, 0.2) is 30.3 Å². The molecule has 1 atom stereocenters. The van der Waals surface area contributed by atoms with Crippen molar-refractivity contribution in [3.63, 3.8) is 0 Å². The SMILES string of the molecule is CC(C)(CCl)C(=O)N1CCC[C@H]1C(=O)NCCCNC(=O)c1ccccc1. The van der Waals surface area contributed by atoms with Gasteiger partial charge in [0.05, 0.1) is 5.41 Å². The van der Waals surface area contributed by atoms with Gasteiger partial charge in [-0.25, -0.2) is 0 Å². The van der Waals surface area contributed by atoms with E-state index in [2.05, 4.69) is 10.6 Å². The Morgan fingerprint density at radius 2 is 1.81 bits per heavy atom. The minimum atomic E-state index is -0.674. The van der Waals surface area contributed by atoms with Crippen molar-refractivity contribution in [1.29, 1.82) is 0 Å². The van der Waals surface area contributed by atoms with E-state index in [0.717, 1.165) is 6.42 Å². The molecule has 0 spiro atoms. The Morgan fingerprint density at radius 1 is 1.15 bits per heavy atom. The van der Waals surface area contributed by atoms with E-state index in [1.54, 1.807) is 30.9 Å². The summed E-state index contributed by atoms with van der Waals surface area (Å²) in [4.78, 5) is 38.7. The van der Waals surface area contributed by atoms with Crippen molar-refractivity contribution in [2.45, 2.75) is 39.2 Å². The van der Waals surface area contributed by atoms with Crippen molar-refractivity contribution < 1.29 is 14.4 Å². The van der Waals surface area contributed by atoms with E-state index in [1.165, 1.54) is 0 Å². The minimum Gasteiger partial charge on any atom is -0.354 e. The fourth-order valence-corrected chi connectivity index (χ4v) is 3.15. The Hall–Kier alpha value is -2.08. The van der Waals surface area contributed by atoms with Crippen LogP contribution in [0.25, 0.3) is 0 Å². The molecule has 2 rings (SSSR count). The van der Waals surface area contributed by atoms with Crippen LogP contribution in [0.2, 0.25) is 0 Å². The molecule has 1 aromatic rings. The minimum absolute atomic E-state index is 0.0784. The quantitative estimate of drug-likeness (QED) is 0.525. The van der Waals surface area contributed by atoms with Gasteiger partial charge in [-0.2, -0.15) is 0 Å². The summed E-state index contributed by atoms with van der Waals surface area (Å²) in [5.74, 6) is -0.124. The molecular formula is C20H28ClN3O3. The standard InChI is InChI=1S/C20H28ClN3O3/c1-20(2,14-21)19(27)24-13-6-10-16(24)18(26)23-12-7-11-22-17(25)15-8-4-3-5-9-15/h3-5,8-9,16H,6-7,10-14H2,1-2H3,(H,22,25)(H,23,26)/t16-/m0/s1. The lowest BCUT2D eigenvalue weighted by atomic mass is 9.94. The number of likely N-dealkylation sites (tertiary alicyclic amines) is 1. The van der Waals surface area contributed by atoms with Gasteiger partial charge in [-0.1, -0.05) is 18.2 Å². The monoisotopic (exact) mass is 393 g/mol. The van der Waals surface area contributed by atoms with Crippen LogP contribution in [-0.4, -0.2) is 54.2 Å². The summed E-state index contributed by atoms with van der Waals surface area (Å²) in [5, 5.41) is 5.70. The maximum absolute atomic E-state index is 12.6. The van der Waals surface area contributed by atoms with Crippen molar-refractivity contribution in [3.8, 4) is 0 Å². The Kier molecular flexibility index (Phi) is 7.66. The number of nitrogens with one attached hydrogen (secondary N) is 2. The van der Waals surface area contributed by atoms with Gasteiger partial charge in [-0.3, -0.25) is 14.4 Å². The molecule has 0 radical (unpaired) electrons. The van der Waals surface area contributed by atoms with Crippen LogP contribution in [-0.2, 0) is 9.59 Å². The molecule has 0 bridgehead atoms. The summed E-state index contributed by atoms with van der Waals surface area (Å²) >= 11 is 5.90. The lowest BCUT2D eigenvalue weighted by Gasteiger charge is -2.31. The molecule has 1 aliphatic heterocycles. The van der Waals surface area contributed by atoms with Gasteiger partial charge in [0.15, 0.2) is 0 Å². The van der Waals surface area contributed by atoms with E-state index in [4.69, 9.17) is 11.6 Å². The number of benzene rings is 1. The van der Waals surface area contributed by atoms with E-state index in [1.807, 2.05) is 18.2 Å². The van der Waals surface area contributed by atoms with Crippen LogP contribution in [0.5, 0.6) is 0 Å². The third kappa shape index (κ3) is 5.70. The van der Waals surface area contributed by atoms with Gasteiger partial charge in [-0.05, 0) is 45.2 Å². The smallest absolute Gasteiger partial charge is 0.251 e. The first-order chi connectivity index (χ1) is 12.9. The number of carbonyl (C=O) groups is 3. The first kappa shape index (κ1) is 21.2. The summed E-state index contributed by atoms with van der Waals surface area (Å²) in [6.45, 7) is 5.10. The maximum atomic E-state index is 12.6. The molecule has 1 aliphatic rings. The Balaban J connectivity index is 1.73. The summed E-state index contributed by atoms with van der Waals surface area (Å²) in [7, 11) is 0. The highest BCUT2D eigenvalue weighted by molar-refractivity contribution is 6.19. The average Bonchev–Trinajstić information content (AvgIpc) is 3.17. The van der Waals surface area contributed by atoms with Gasteiger partial charge in [0.25, 0.3) is 5.91 Å². The first-order valence-corrected chi connectivity index (χ1v) is 9.88. The highest BCUT2D eigenvalue weighted by atomic mass is 35.5. The lowest BCUT2D eigenvalue weighted by Crippen LogP contribution is -2.50. The zero-order valence-electron chi connectivity index (χ0n) is 16.0. The van der Waals surface area contributed by atoms with Gasteiger partial charge in [0.1, 0.15) is 6.04 Å². The molecule has 0 aromatic heterocycles. The number of carbonyl (C=O) groups excluding carboxylic acids is 3. The molecule has 0 saturated carbocycles. The summed E-state index contributed by atoms with van der Waals surface area (Å²) in [6, 6.07) is 8.57. The molecular weight excluding hydrogens is 366 g/mol. The lowest BCUT2D eigenvalue weighted by molar-refractivity contribution is -0.144. The average molecular weight is 394 g/mol. The predicted molar refractivity (Wildman–Crippen MR) is 106 cm³/mol. The normalized spacial score (nSPS) is 16.9. The molecule has 1 saturated heterocycles. The summed E-state index contributed by atoms with van der Waals surface area (Å²) < 4.78 is 0. The van der Waals surface area contributed by atoms with Gasteiger partial charge in [0, 0.05) is 31.1 Å². The van der Waals surface area contributed by atoms with E-state index >= 15 is 0 Å². The number of hydrogen-bond acceptors (Lipinski definition) is 3. The van der Waals surface area contributed by atoms with Crippen LogP contribution >= 0.6 is 11.6 Å².